The molecule has 1 aromatic rings. The highest BCUT2D eigenvalue weighted by Crippen LogP contribution is 2.23. The first-order chi connectivity index (χ1) is 8.09. The molecule has 0 saturated carbocycles. The van der Waals surface area contributed by atoms with Gasteiger partial charge in [0.15, 0.2) is 0 Å². The lowest BCUT2D eigenvalue weighted by Crippen LogP contribution is -2.37. The zero-order valence-electron chi connectivity index (χ0n) is 10.1. The van der Waals surface area contributed by atoms with Gasteiger partial charge in [-0.05, 0) is 42.9 Å². The number of halogens is 1. The van der Waals surface area contributed by atoms with Crippen LogP contribution in [-0.2, 0) is 0 Å². The summed E-state index contributed by atoms with van der Waals surface area (Å²) >= 11 is 1.87. The lowest BCUT2D eigenvalue weighted by Gasteiger charge is -2.24. The number of amides is 1. The van der Waals surface area contributed by atoms with Crippen LogP contribution in [0.2, 0.25) is 0 Å². The Labute approximate surface area is 105 Å². The number of rotatable bonds is 2. The molecule has 17 heavy (non-hydrogen) atoms. The van der Waals surface area contributed by atoms with Crippen molar-refractivity contribution in [1.82, 2.24) is 4.90 Å². The summed E-state index contributed by atoms with van der Waals surface area (Å²) in [4.78, 5) is 14.0. The van der Waals surface area contributed by atoms with E-state index in [0.29, 0.717) is 17.2 Å². The van der Waals surface area contributed by atoms with Crippen molar-refractivity contribution in [1.29, 1.82) is 0 Å². The highest BCUT2D eigenvalue weighted by Gasteiger charge is 2.24. The highest BCUT2D eigenvalue weighted by molar-refractivity contribution is 7.99. The quantitative estimate of drug-likeness (QED) is 0.807. The molecule has 92 valence electrons. The molecular weight excluding hydrogens is 237 g/mol. The predicted molar refractivity (Wildman–Crippen MR) is 69.0 cm³/mol. The van der Waals surface area contributed by atoms with Gasteiger partial charge in [-0.1, -0.05) is 0 Å². The minimum atomic E-state index is -0.263. The maximum absolute atomic E-state index is 13.1. The molecule has 0 aromatic heterocycles. The predicted octanol–water partition coefficient (Wildman–Crippen LogP) is 2.71. The molecule has 2 rings (SSSR count). The summed E-state index contributed by atoms with van der Waals surface area (Å²) in [5, 5.41) is 0. The van der Waals surface area contributed by atoms with E-state index in [0.717, 1.165) is 17.9 Å². The van der Waals surface area contributed by atoms with E-state index in [9.17, 15) is 9.18 Å². The van der Waals surface area contributed by atoms with Gasteiger partial charge >= 0.3 is 0 Å². The lowest BCUT2D eigenvalue weighted by molar-refractivity contribution is 0.0747. The Morgan fingerprint density at radius 1 is 1.53 bits per heavy atom. The highest BCUT2D eigenvalue weighted by atomic mass is 32.2. The van der Waals surface area contributed by atoms with Crippen LogP contribution >= 0.6 is 11.8 Å². The standard InChI is InChI=1S/C13H16FNOS/c1-9-7-10(3-4-12(9)14)13(16)15(2)11-5-6-17-8-11/h3-4,7,11H,5-6,8H2,1-2H3. The summed E-state index contributed by atoms with van der Waals surface area (Å²) in [5.41, 5.74) is 1.09. The van der Waals surface area contributed by atoms with Crippen molar-refractivity contribution in [3.8, 4) is 0 Å². The Balaban J connectivity index is 2.15. The van der Waals surface area contributed by atoms with Crippen LogP contribution < -0.4 is 0 Å². The van der Waals surface area contributed by atoms with Gasteiger partial charge in [0.1, 0.15) is 5.82 Å². The average Bonchev–Trinajstić information content (AvgIpc) is 2.84. The second kappa shape index (κ2) is 5.08. The van der Waals surface area contributed by atoms with E-state index in [2.05, 4.69) is 0 Å². The monoisotopic (exact) mass is 253 g/mol. The minimum Gasteiger partial charge on any atom is -0.338 e. The molecule has 1 heterocycles. The molecule has 0 N–H and O–H groups in total. The Morgan fingerprint density at radius 3 is 2.88 bits per heavy atom. The minimum absolute atomic E-state index is 0.0133. The van der Waals surface area contributed by atoms with Crippen molar-refractivity contribution in [3.63, 3.8) is 0 Å². The summed E-state index contributed by atoms with van der Waals surface area (Å²) in [6, 6.07) is 4.86. The van der Waals surface area contributed by atoms with Crippen LogP contribution in [0.4, 0.5) is 4.39 Å². The number of carbonyl (C=O) groups excluding carboxylic acids is 1. The van der Waals surface area contributed by atoms with Gasteiger partial charge in [-0.2, -0.15) is 11.8 Å². The molecular formula is C13H16FNOS. The van der Waals surface area contributed by atoms with Crippen LogP contribution in [0.25, 0.3) is 0 Å². The van der Waals surface area contributed by atoms with E-state index in [1.165, 1.54) is 6.07 Å². The largest absolute Gasteiger partial charge is 0.338 e. The van der Waals surface area contributed by atoms with Crippen molar-refractivity contribution in [2.24, 2.45) is 0 Å². The molecule has 1 atom stereocenters. The molecule has 2 nitrogen and oxygen atoms in total. The van der Waals surface area contributed by atoms with Gasteiger partial charge in [0, 0.05) is 24.4 Å². The number of thioether (sulfide) groups is 1. The molecule has 0 spiro atoms. The van der Waals surface area contributed by atoms with E-state index in [-0.39, 0.29) is 11.7 Å². The third kappa shape index (κ3) is 2.63. The topological polar surface area (TPSA) is 20.3 Å². The number of hydrogen-bond acceptors (Lipinski definition) is 2. The van der Waals surface area contributed by atoms with E-state index < -0.39 is 0 Å². The number of nitrogens with zero attached hydrogens (tertiary/aromatic N) is 1. The number of aryl methyl sites for hydroxylation is 1. The molecule has 1 unspecified atom stereocenters. The van der Waals surface area contributed by atoms with Gasteiger partial charge in [0.05, 0.1) is 0 Å². The molecule has 4 heteroatoms. The first kappa shape index (κ1) is 12.4. The molecule has 1 aliphatic rings. The van der Waals surface area contributed by atoms with Gasteiger partial charge in [-0.25, -0.2) is 4.39 Å². The lowest BCUT2D eigenvalue weighted by atomic mass is 10.1. The number of carbonyl (C=O) groups is 1. The van der Waals surface area contributed by atoms with Crippen LogP contribution in [0.15, 0.2) is 18.2 Å². The van der Waals surface area contributed by atoms with Crippen LogP contribution in [0.5, 0.6) is 0 Å². The first-order valence-electron chi connectivity index (χ1n) is 5.70. The summed E-state index contributed by atoms with van der Waals surface area (Å²) in [6.45, 7) is 1.68. The zero-order chi connectivity index (χ0) is 12.4. The average molecular weight is 253 g/mol. The maximum Gasteiger partial charge on any atom is 0.253 e. The van der Waals surface area contributed by atoms with Crippen molar-refractivity contribution >= 4 is 17.7 Å². The molecule has 1 saturated heterocycles. The van der Waals surface area contributed by atoms with E-state index in [4.69, 9.17) is 0 Å². The normalized spacial score (nSPS) is 19.4. The zero-order valence-corrected chi connectivity index (χ0v) is 10.9. The van der Waals surface area contributed by atoms with Gasteiger partial charge in [-0.3, -0.25) is 4.79 Å². The van der Waals surface area contributed by atoms with Crippen LogP contribution in [0.3, 0.4) is 0 Å². The maximum atomic E-state index is 13.1. The molecule has 1 fully saturated rings. The van der Waals surface area contributed by atoms with E-state index >= 15 is 0 Å². The van der Waals surface area contributed by atoms with Gasteiger partial charge in [0.25, 0.3) is 5.91 Å². The summed E-state index contributed by atoms with van der Waals surface area (Å²) in [6.07, 6.45) is 1.05. The fourth-order valence-corrected chi connectivity index (χ4v) is 3.24. The molecule has 0 bridgehead atoms. The smallest absolute Gasteiger partial charge is 0.253 e. The Kier molecular flexibility index (Phi) is 3.72. The Hall–Kier alpha value is -1.03. The van der Waals surface area contributed by atoms with Crippen molar-refractivity contribution in [3.05, 3.63) is 35.1 Å². The summed E-state index contributed by atoms with van der Waals surface area (Å²) < 4.78 is 13.1. The third-order valence-electron chi connectivity index (χ3n) is 3.18. The van der Waals surface area contributed by atoms with Crippen molar-refractivity contribution in [2.75, 3.05) is 18.6 Å². The summed E-state index contributed by atoms with van der Waals surface area (Å²) in [5.74, 6) is 1.84. The summed E-state index contributed by atoms with van der Waals surface area (Å²) in [7, 11) is 1.83. The van der Waals surface area contributed by atoms with Crippen LogP contribution in [0.1, 0.15) is 22.3 Å². The molecule has 1 aromatic carbocycles. The first-order valence-corrected chi connectivity index (χ1v) is 6.86. The van der Waals surface area contributed by atoms with Gasteiger partial charge in [-0.15, -0.1) is 0 Å². The second-order valence-electron chi connectivity index (χ2n) is 4.40. The molecule has 1 amide bonds. The Morgan fingerprint density at radius 2 is 2.29 bits per heavy atom. The molecule has 0 aliphatic carbocycles. The van der Waals surface area contributed by atoms with Crippen LogP contribution in [-0.4, -0.2) is 35.4 Å². The molecule has 0 radical (unpaired) electrons. The van der Waals surface area contributed by atoms with E-state index in [1.54, 1.807) is 24.0 Å². The van der Waals surface area contributed by atoms with Gasteiger partial charge in [0.2, 0.25) is 0 Å². The second-order valence-corrected chi connectivity index (χ2v) is 5.55. The van der Waals surface area contributed by atoms with Crippen molar-refractivity contribution in [2.45, 2.75) is 19.4 Å². The number of benzene rings is 1. The van der Waals surface area contributed by atoms with Gasteiger partial charge < -0.3 is 4.90 Å². The fourth-order valence-electron chi connectivity index (χ4n) is 1.97. The fraction of sp³-hybridized carbons (Fsp3) is 0.462. The van der Waals surface area contributed by atoms with Crippen LogP contribution in [0, 0.1) is 12.7 Å². The Bertz CT molecular complexity index is 429. The third-order valence-corrected chi connectivity index (χ3v) is 4.32. The number of hydrogen-bond donors (Lipinski definition) is 0. The van der Waals surface area contributed by atoms with E-state index in [1.807, 2.05) is 18.8 Å². The van der Waals surface area contributed by atoms with Crippen molar-refractivity contribution < 1.29 is 9.18 Å². The molecule has 1 aliphatic heterocycles. The SMILES string of the molecule is Cc1cc(C(=O)N(C)C2CCSC2)ccc1F.